The van der Waals surface area contributed by atoms with Crippen LogP contribution in [0.5, 0.6) is 11.5 Å². The number of carbonyl (C=O) groups is 1. The number of ether oxygens (including phenoxy) is 2. The normalized spacial score (nSPS) is 11.4. The van der Waals surface area contributed by atoms with Crippen LogP contribution in [0.1, 0.15) is 34.9 Å². The van der Waals surface area contributed by atoms with Crippen molar-refractivity contribution in [3.05, 3.63) is 144 Å². The summed E-state index contributed by atoms with van der Waals surface area (Å²) in [5, 5.41) is 26.0. The SMILES string of the molecule is O=C([O-])C(CC(c1ccc(OCc2ccc3ccccc3n2)cc1)c1ccc(OCc2ccc3ccccc3n2)cc1)=NO.[Na+]. The van der Waals surface area contributed by atoms with Crippen molar-refractivity contribution < 1.29 is 54.1 Å². The Morgan fingerprint density at radius 1 is 0.667 bits per heavy atom. The fourth-order valence-electron chi connectivity index (χ4n) is 5.07. The van der Waals surface area contributed by atoms with Crippen molar-refractivity contribution in [1.29, 1.82) is 0 Å². The number of para-hydroxylation sites is 2. The molecule has 218 valence electrons. The first-order valence-corrected chi connectivity index (χ1v) is 14.1. The minimum absolute atomic E-state index is 0. The van der Waals surface area contributed by atoms with Crippen molar-refractivity contribution in [3.8, 4) is 11.5 Å². The molecule has 0 saturated carbocycles. The van der Waals surface area contributed by atoms with E-state index in [1.54, 1.807) is 0 Å². The number of benzene rings is 4. The molecular formula is C36H28N3NaO5. The van der Waals surface area contributed by atoms with Crippen LogP contribution in [0.25, 0.3) is 21.8 Å². The summed E-state index contributed by atoms with van der Waals surface area (Å²) < 4.78 is 11.9. The molecule has 45 heavy (non-hydrogen) atoms. The van der Waals surface area contributed by atoms with Crippen LogP contribution in [0.4, 0.5) is 0 Å². The number of aliphatic carboxylic acids is 1. The Balaban J connectivity index is 0.00000400. The maximum absolute atomic E-state index is 11.6. The third-order valence-electron chi connectivity index (χ3n) is 7.40. The van der Waals surface area contributed by atoms with E-state index < -0.39 is 17.6 Å². The standard InChI is InChI=1S/C36H29N3O5.Na/c40-36(41)35(39-42)21-32(24-11-17-30(18-12-24)43-22-28-15-9-26-5-1-3-7-33(26)37-28)25-13-19-31(20-14-25)44-23-29-16-10-27-6-2-4-8-34(27)38-29;/h1-20,32,42H,21-23H2,(H,40,41);/q;+1/p-1. The van der Waals surface area contributed by atoms with Gasteiger partial charge in [0.2, 0.25) is 0 Å². The van der Waals surface area contributed by atoms with Gasteiger partial charge in [-0.2, -0.15) is 0 Å². The first-order valence-electron chi connectivity index (χ1n) is 14.1. The number of aromatic nitrogens is 2. The van der Waals surface area contributed by atoms with E-state index in [4.69, 9.17) is 9.47 Å². The van der Waals surface area contributed by atoms with Gasteiger partial charge in [-0.3, -0.25) is 0 Å². The number of hydrogen-bond acceptors (Lipinski definition) is 8. The molecule has 0 spiro atoms. The van der Waals surface area contributed by atoms with Crippen molar-refractivity contribution in [2.45, 2.75) is 25.6 Å². The summed E-state index contributed by atoms with van der Waals surface area (Å²) in [7, 11) is 0. The van der Waals surface area contributed by atoms with Gasteiger partial charge in [-0.1, -0.05) is 78.0 Å². The number of carbonyl (C=O) groups excluding carboxylic acids is 1. The largest absolute Gasteiger partial charge is 1.00 e. The van der Waals surface area contributed by atoms with E-state index in [1.807, 2.05) is 121 Å². The molecule has 0 radical (unpaired) electrons. The summed E-state index contributed by atoms with van der Waals surface area (Å²) in [5.41, 5.74) is 4.62. The number of pyridine rings is 2. The van der Waals surface area contributed by atoms with E-state index >= 15 is 0 Å². The molecule has 0 aliphatic rings. The molecule has 4 aromatic carbocycles. The fraction of sp³-hybridized carbons (Fsp3) is 0.111. The summed E-state index contributed by atoms with van der Waals surface area (Å²) in [4.78, 5) is 20.9. The van der Waals surface area contributed by atoms with E-state index in [1.165, 1.54) is 0 Å². The molecule has 2 aromatic heterocycles. The van der Waals surface area contributed by atoms with E-state index in [9.17, 15) is 15.1 Å². The van der Waals surface area contributed by atoms with Crippen molar-refractivity contribution >= 4 is 33.5 Å². The van der Waals surface area contributed by atoms with Crippen molar-refractivity contribution in [3.63, 3.8) is 0 Å². The Hall–Kier alpha value is -4.76. The van der Waals surface area contributed by atoms with Crippen molar-refractivity contribution in [2.75, 3.05) is 0 Å². The molecule has 6 aromatic rings. The van der Waals surface area contributed by atoms with Crippen LogP contribution in [0.15, 0.2) is 126 Å². The van der Waals surface area contributed by atoms with Gasteiger partial charge in [0.15, 0.2) is 0 Å². The molecule has 0 bridgehead atoms. The van der Waals surface area contributed by atoms with Crippen LogP contribution in [-0.4, -0.2) is 26.9 Å². The molecule has 6 rings (SSSR count). The monoisotopic (exact) mass is 605 g/mol. The van der Waals surface area contributed by atoms with E-state index in [0.717, 1.165) is 44.3 Å². The molecular weight excluding hydrogens is 577 g/mol. The molecule has 0 saturated heterocycles. The number of rotatable bonds is 11. The van der Waals surface area contributed by atoms with Gasteiger partial charge in [-0.05, 0) is 59.7 Å². The van der Waals surface area contributed by atoms with Gasteiger partial charge in [-0.15, -0.1) is 0 Å². The number of carboxylic acid groups (broad SMARTS) is 1. The van der Waals surface area contributed by atoms with Crippen LogP contribution in [0.3, 0.4) is 0 Å². The average molecular weight is 606 g/mol. The van der Waals surface area contributed by atoms with E-state index in [2.05, 4.69) is 15.1 Å². The van der Waals surface area contributed by atoms with Crippen molar-refractivity contribution in [1.82, 2.24) is 9.97 Å². The van der Waals surface area contributed by atoms with Crippen LogP contribution in [0.2, 0.25) is 0 Å². The van der Waals surface area contributed by atoms with E-state index in [0.29, 0.717) is 24.7 Å². The Morgan fingerprint density at radius 2 is 1.11 bits per heavy atom. The minimum Gasteiger partial charge on any atom is -0.543 e. The zero-order valence-electron chi connectivity index (χ0n) is 24.7. The molecule has 0 fully saturated rings. The summed E-state index contributed by atoms with van der Waals surface area (Å²) >= 11 is 0. The molecule has 0 unspecified atom stereocenters. The third-order valence-corrected chi connectivity index (χ3v) is 7.40. The quantitative estimate of drug-likeness (QED) is 0.104. The maximum Gasteiger partial charge on any atom is 1.00 e. The molecule has 0 amide bonds. The smallest absolute Gasteiger partial charge is 0.543 e. The van der Waals surface area contributed by atoms with Gasteiger partial charge in [0.25, 0.3) is 0 Å². The molecule has 1 N–H and O–H groups in total. The first-order chi connectivity index (χ1) is 21.6. The summed E-state index contributed by atoms with van der Waals surface area (Å²) in [6, 6.07) is 38.5. The predicted octanol–water partition coefficient (Wildman–Crippen LogP) is 3.05. The number of nitrogens with zero attached hydrogens (tertiary/aromatic N) is 3. The van der Waals surface area contributed by atoms with Gasteiger partial charge in [0.05, 0.1) is 28.4 Å². The molecule has 8 nitrogen and oxygen atoms in total. The Kier molecular flexibility index (Phi) is 10.4. The summed E-state index contributed by atoms with van der Waals surface area (Å²) in [6.45, 7) is 0.603. The van der Waals surface area contributed by atoms with E-state index in [-0.39, 0.29) is 36.0 Å². The van der Waals surface area contributed by atoms with Gasteiger partial charge < -0.3 is 24.6 Å². The first kappa shape index (κ1) is 31.7. The second-order valence-electron chi connectivity index (χ2n) is 10.3. The average Bonchev–Trinajstić information content (AvgIpc) is 3.07. The topological polar surface area (TPSA) is 117 Å². The third kappa shape index (κ3) is 7.85. The number of oxime groups is 1. The Bertz CT molecular complexity index is 1820. The second kappa shape index (κ2) is 14.8. The van der Waals surface area contributed by atoms with Crippen LogP contribution in [-0.2, 0) is 18.0 Å². The van der Waals surface area contributed by atoms with Gasteiger partial charge in [0.1, 0.15) is 30.4 Å². The maximum atomic E-state index is 11.6. The van der Waals surface area contributed by atoms with Gasteiger partial charge in [0, 0.05) is 23.1 Å². The summed E-state index contributed by atoms with van der Waals surface area (Å²) in [6.07, 6.45) is -0.0682. The number of fused-ring (bicyclic) bond motifs is 2. The number of carboxylic acids is 1. The van der Waals surface area contributed by atoms with Crippen molar-refractivity contribution in [2.24, 2.45) is 5.16 Å². The predicted molar refractivity (Wildman–Crippen MR) is 166 cm³/mol. The fourth-order valence-corrected chi connectivity index (χ4v) is 5.07. The van der Waals surface area contributed by atoms with Crippen LogP contribution < -0.4 is 44.1 Å². The Morgan fingerprint density at radius 3 is 1.53 bits per heavy atom. The van der Waals surface area contributed by atoms with Crippen LogP contribution in [0, 0.1) is 0 Å². The molecule has 0 aliphatic heterocycles. The minimum atomic E-state index is -1.52. The number of hydrogen-bond donors (Lipinski definition) is 1. The zero-order chi connectivity index (χ0) is 30.3. The van der Waals surface area contributed by atoms with Gasteiger partial charge >= 0.3 is 29.6 Å². The second-order valence-corrected chi connectivity index (χ2v) is 10.3. The molecule has 0 atom stereocenters. The molecule has 0 aliphatic carbocycles. The molecule has 2 heterocycles. The summed E-state index contributed by atoms with van der Waals surface area (Å²) in [5.74, 6) is -0.664. The van der Waals surface area contributed by atoms with Crippen LogP contribution >= 0.6 is 0 Å². The Labute approximate surface area is 282 Å². The molecule has 9 heteroatoms. The zero-order valence-corrected chi connectivity index (χ0v) is 26.7. The van der Waals surface area contributed by atoms with Gasteiger partial charge in [-0.25, -0.2) is 9.97 Å².